The summed E-state index contributed by atoms with van der Waals surface area (Å²) >= 11 is 0. The van der Waals surface area contributed by atoms with Crippen molar-refractivity contribution in [2.24, 2.45) is 5.10 Å². The SMILES string of the molecule is O=[N+]([O-])c1cc(S(=O)(=O)Nc2ccccc2)ccc1N/N=C\c1ccc(N2CCOCC2)c([N+](=O)[O-])c1. The van der Waals surface area contributed by atoms with Gasteiger partial charge in [0.15, 0.2) is 0 Å². The molecular formula is C23H22N6O7S. The zero-order valence-electron chi connectivity index (χ0n) is 19.3. The molecule has 37 heavy (non-hydrogen) atoms. The second-order valence-corrected chi connectivity index (χ2v) is 9.56. The van der Waals surface area contributed by atoms with Gasteiger partial charge in [-0.15, -0.1) is 0 Å². The number of morpholine rings is 1. The topological polar surface area (TPSA) is 169 Å². The molecule has 1 aliphatic rings. The van der Waals surface area contributed by atoms with Gasteiger partial charge in [0.05, 0.1) is 34.2 Å². The van der Waals surface area contributed by atoms with E-state index < -0.39 is 25.6 Å². The summed E-state index contributed by atoms with van der Waals surface area (Å²) < 4.78 is 33.0. The van der Waals surface area contributed by atoms with E-state index >= 15 is 0 Å². The molecule has 1 saturated heterocycles. The van der Waals surface area contributed by atoms with Gasteiger partial charge in [-0.25, -0.2) is 8.42 Å². The highest BCUT2D eigenvalue weighted by Gasteiger charge is 2.23. The van der Waals surface area contributed by atoms with Crippen molar-refractivity contribution >= 4 is 44.7 Å². The largest absolute Gasteiger partial charge is 0.378 e. The summed E-state index contributed by atoms with van der Waals surface area (Å²) in [6.07, 6.45) is 1.28. The molecule has 0 spiro atoms. The predicted octanol–water partition coefficient (Wildman–Crippen LogP) is 3.59. The molecule has 0 atom stereocenters. The van der Waals surface area contributed by atoms with E-state index in [-0.39, 0.29) is 16.3 Å². The summed E-state index contributed by atoms with van der Waals surface area (Å²) in [6, 6.07) is 16.1. The molecule has 0 bridgehead atoms. The summed E-state index contributed by atoms with van der Waals surface area (Å²) in [6.45, 7) is 2.02. The highest BCUT2D eigenvalue weighted by molar-refractivity contribution is 7.92. The summed E-state index contributed by atoms with van der Waals surface area (Å²) in [7, 11) is -4.07. The highest BCUT2D eigenvalue weighted by atomic mass is 32.2. The standard InChI is InChI=1S/C23H22N6O7S/c30-28(31)22-15-19(37(34,35)26-18-4-2-1-3-5-18)7-8-20(22)25-24-16-17-6-9-21(23(14-17)29(32)33)27-10-12-36-13-11-27/h1-9,14-16,25-26H,10-13H2/b24-16-. The third-order valence-electron chi connectivity index (χ3n) is 5.45. The van der Waals surface area contributed by atoms with Crippen LogP contribution in [0.5, 0.6) is 0 Å². The molecule has 0 unspecified atom stereocenters. The van der Waals surface area contributed by atoms with Crippen LogP contribution < -0.4 is 15.0 Å². The van der Waals surface area contributed by atoms with Crippen molar-refractivity contribution in [3.05, 3.63) is 92.5 Å². The predicted molar refractivity (Wildman–Crippen MR) is 138 cm³/mol. The summed E-state index contributed by atoms with van der Waals surface area (Å²) in [4.78, 5) is 23.6. The van der Waals surface area contributed by atoms with Crippen molar-refractivity contribution in [3.63, 3.8) is 0 Å². The Bertz CT molecular complexity index is 1440. The smallest absolute Gasteiger partial charge is 0.295 e. The Hall–Kier alpha value is -4.56. The number of hydrazone groups is 1. The maximum Gasteiger partial charge on any atom is 0.295 e. The molecule has 0 aromatic heterocycles. The lowest BCUT2D eigenvalue weighted by Crippen LogP contribution is -2.36. The van der Waals surface area contributed by atoms with Crippen LogP contribution in [0.3, 0.4) is 0 Å². The Morgan fingerprint density at radius 3 is 2.30 bits per heavy atom. The third-order valence-corrected chi connectivity index (χ3v) is 6.83. The Labute approximate surface area is 211 Å². The monoisotopic (exact) mass is 526 g/mol. The van der Waals surface area contributed by atoms with Crippen molar-refractivity contribution < 1.29 is 23.0 Å². The molecule has 0 aliphatic carbocycles. The van der Waals surface area contributed by atoms with Gasteiger partial charge in [0.2, 0.25) is 0 Å². The number of nitro benzene ring substituents is 2. The Morgan fingerprint density at radius 1 is 0.919 bits per heavy atom. The minimum atomic E-state index is -4.07. The Balaban J connectivity index is 1.53. The van der Waals surface area contributed by atoms with Crippen LogP contribution >= 0.6 is 0 Å². The van der Waals surface area contributed by atoms with E-state index in [9.17, 15) is 28.6 Å². The second-order valence-electron chi connectivity index (χ2n) is 7.88. The lowest BCUT2D eigenvalue weighted by molar-refractivity contribution is -0.384. The van der Waals surface area contributed by atoms with Gasteiger partial charge in [0, 0.05) is 36.5 Å². The summed E-state index contributed by atoms with van der Waals surface area (Å²) in [5.41, 5.74) is 3.02. The minimum Gasteiger partial charge on any atom is -0.378 e. The number of para-hydroxylation sites is 1. The third kappa shape index (κ3) is 6.17. The van der Waals surface area contributed by atoms with Crippen LogP contribution in [0.25, 0.3) is 0 Å². The molecule has 2 N–H and O–H groups in total. The zero-order valence-corrected chi connectivity index (χ0v) is 20.1. The lowest BCUT2D eigenvalue weighted by Gasteiger charge is -2.28. The molecule has 4 rings (SSSR count). The molecule has 3 aromatic carbocycles. The molecule has 0 radical (unpaired) electrons. The normalized spacial score (nSPS) is 13.9. The number of sulfonamides is 1. The van der Waals surface area contributed by atoms with Gasteiger partial charge < -0.3 is 9.64 Å². The Morgan fingerprint density at radius 2 is 1.62 bits per heavy atom. The number of nitro groups is 2. The van der Waals surface area contributed by atoms with Gasteiger partial charge >= 0.3 is 0 Å². The van der Waals surface area contributed by atoms with Crippen molar-refractivity contribution in [3.8, 4) is 0 Å². The molecule has 1 aliphatic heterocycles. The number of hydrogen-bond donors (Lipinski definition) is 2. The van der Waals surface area contributed by atoms with Gasteiger partial charge in [0.1, 0.15) is 11.4 Å². The summed E-state index contributed by atoms with van der Waals surface area (Å²) in [5.74, 6) is 0. The van der Waals surface area contributed by atoms with Crippen LogP contribution in [0, 0.1) is 20.2 Å². The average molecular weight is 527 g/mol. The van der Waals surface area contributed by atoms with Crippen LogP contribution in [-0.2, 0) is 14.8 Å². The van der Waals surface area contributed by atoms with E-state index in [1.807, 2.05) is 4.90 Å². The molecule has 0 saturated carbocycles. The zero-order chi connectivity index (χ0) is 26.4. The van der Waals surface area contributed by atoms with Crippen LogP contribution in [0.2, 0.25) is 0 Å². The fourth-order valence-corrected chi connectivity index (χ4v) is 4.74. The fourth-order valence-electron chi connectivity index (χ4n) is 3.66. The number of rotatable bonds is 9. The number of hydrogen-bond acceptors (Lipinski definition) is 10. The van der Waals surface area contributed by atoms with E-state index in [2.05, 4.69) is 15.2 Å². The molecule has 1 fully saturated rings. The van der Waals surface area contributed by atoms with Crippen molar-refractivity contribution in [2.75, 3.05) is 41.4 Å². The fraction of sp³-hybridized carbons (Fsp3) is 0.174. The van der Waals surface area contributed by atoms with E-state index in [4.69, 9.17) is 4.74 Å². The van der Waals surface area contributed by atoms with Crippen LogP contribution in [0.15, 0.2) is 76.7 Å². The maximum absolute atomic E-state index is 12.7. The number of ether oxygens (including phenoxy) is 1. The molecule has 13 nitrogen and oxygen atoms in total. The van der Waals surface area contributed by atoms with Crippen molar-refractivity contribution in [1.29, 1.82) is 0 Å². The quantitative estimate of drug-likeness (QED) is 0.240. The lowest BCUT2D eigenvalue weighted by atomic mass is 10.1. The van der Waals surface area contributed by atoms with Gasteiger partial charge in [-0.3, -0.25) is 30.4 Å². The van der Waals surface area contributed by atoms with Crippen LogP contribution in [0.4, 0.5) is 28.4 Å². The van der Waals surface area contributed by atoms with Crippen LogP contribution in [-0.4, -0.2) is 50.8 Å². The van der Waals surface area contributed by atoms with Gasteiger partial charge in [-0.05, 0) is 30.3 Å². The first kappa shape index (κ1) is 25.5. The number of nitrogens with one attached hydrogen (secondary N) is 2. The van der Waals surface area contributed by atoms with Crippen LogP contribution in [0.1, 0.15) is 5.56 Å². The molecule has 3 aromatic rings. The summed E-state index contributed by atoms with van der Waals surface area (Å²) in [5, 5.41) is 27.2. The molecule has 1 heterocycles. The van der Waals surface area contributed by atoms with E-state index in [0.717, 1.165) is 6.07 Å². The molecular weight excluding hydrogens is 504 g/mol. The molecule has 14 heteroatoms. The number of nitrogens with zero attached hydrogens (tertiary/aromatic N) is 4. The van der Waals surface area contributed by atoms with Gasteiger partial charge in [-0.1, -0.05) is 24.3 Å². The molecule has 0 amide bonds. The second kappa shape index (κ2) is 11.0. The van der Waals surface area contributed by atoms with Gasteiger partial charge in [-0.2, -0.15) is 5.10 Å². The van der Waals surface area contributed by atoms with E-state index in [1.54, 1.807) is 42.5 Å². The van der Waals surface area contributed by atoms with E-state index in [1.165, 1.54) is 24.4 Å². The Kier molecular flexibility index (Phi) is 7.60. The van der Waals surface area contributed by atoms with Gasteiger partial charge in [0.25, 0.3) is 21.4 Å². The number of anilines is 3. The van der Waals surface area contributed by atoms with E-state index in [0.29, 0.717) is 43.2 Å². The average Bonchev–Trinajstić information content (AvgIpc) is 2.89. The maximum atomic E-state index is 12.7. The van der Waals surface area contributed by atoms with Crippen molar-refractivity contribution in [1.82, 2.24) is 0 Å². The first-order valence-electron chi connectivity index (χ1n) is 11.0. The minimum absolute atomic E-state index is 0.0562. The number of benzene rings is 3. The highest BCUT2D eigenvalue weighted by Crippen LogP contribution is 2.30. The first-order chi connectivity index (χ1) is 17.7. The first-order valence-corrected chi connectivity index (χ1v) is 12.5. The molecule has 192 valence electrons. The van der Waals surface area contributed by atoms with Crippen molar-refractivity contribution in [2.45, 2.75) is 4.90 Å².